The van der Waals surface area contributed by atoms with Crippen LogP contribution in [0.25, 0.3) is 0 Å². The molecule has 0 amide bonds. The van der Waals surface area contributed by atoms with Crippen molar-refractivity contribution in [3.05, 3.63) is 35.9 Å². The fourth-order valence-electron chi connectivity index (χ4n) is 2.87. The molecule has 4 atom stereocenters. The molecule has 2 nitrogen and oxygen atoms in total. The average molecular weight is 247 g/mol. The molecule has 2 rings (SSSR count). The van der Waals surface area contributed by atoms with Crippen molar-refractivity contribution in [3.63, 3.8) is 0 Å². The van der Waals surface area contributed by atoms with Gasteiger partial charge >= 0.3 is 0 Å². The summed E-state index contributed by atoms with van der Waals surface area (Å²) in [6.07, 6.45) is 4.32. The average Bonchev–Trinajstić information content (AvgIpc) is 2.76. The van der Waals surface area contributed by atoms with E-state index in [9.17, 15) is 5.11 Å². The monoisotopic (exact) mass is 247 g/mol. The van der Waals surface area contributed by atoms with Crippen LogP contribution in [0.4, 0.5) is 0 Å². The van der Waals surface area contributed by atoms with E-state index < -0.39 is 0 Å². The van der Waals surface area contributed by atoms with E-state index in [4.69, 9.17) is 0 Å². The summed E-state index contributed by atoms with van der Waals surface area (Å²) in [7, 11) is 0. The van der Waals surface area contributed by atoms with Crippen LogP contribution in [0, 0.1) is 5.92 Å². The van der Waals surface area contributed by atoms with Crippen LogP contribution in [0.5, 0.6) is 0 Å². The minimum absolute atomic E-state index is 0.163. The Bertz CT molecular complexity index is 351. The quantitative estimate of drug-likeness (QED) is 0.838. The third-order valence-corrected chi connectivity index (χ3v) is 4.20. The van der Waals surface area contributed by atoms with Gasteiger partial charge in [0.05, 0.1) is 6.10 Å². The molecular formula is C16H25NO. The van der Waals surface area contributed by atoms with Gasteiger partial charge in [-0.25, -0.2) is 0 Å². The van der Waals surface area contributed by atoms with Crippen molar-refractivity contribution in [2.24, 2.45) is 5.92 Å². The molecule has 0 spiro atoms. The maximum Gasteiger partial charge on any atom is 0.0730 e. The molecule has 0 aliphatic heterocycles. The van der Waals surface area contributed by atoms with Gasteiger partial charge in [-0.2, -0.15) is 0 Å². The fraction of sp³-hybridized carbons (Fsp3) is 0.625. The first-order valence-corrected chi connectivity index (χ1v) is 7.15. The summed E-state index contributed by atoms with van der Waals surface area (Å²) in [6, 6.07) is 11.0. The molecule has 0 saturated heterocycles. The van der Waals surface area contributed by atoms with Crippen LogP contribution in [0.15, 0.2) is 30.3 Å². The predicted octanol–water partition coefficient (Wildman–Crippen LogP) is 2.76. The first kappa shape index (κ1) is 13.6. The van der Waals surface area contributed by atoms with Crippen LogP contribution < -0.4 is 5.32 Å². The third kappa shape index (κ3) is 3.56. The zero-order chi connectivity index (χ0) is 13.0. The van der Waals surface area contributed by atoms with Crippen LogP contribution in [-0.2, 0) is 6.42 Å². The Hall–Kier alpha value is -0.860. The summed E-state index contributed by atoms with van der Waals surface area (Å²) in [5.74, 6) is 0.747. The molecule has 0 heterocycles. The smallest absolute Gasteiger partial charge is 0.0730 e. The minimum atomic E-state index is -0.305. The molecule has 2 N–H and O–H groups in total. The zero-order valence-corrected chi connectivity index (χ0v) is 11.5. The number of aliphatic hydroxyl groups excluding tert-OH is 1. The second-order valence-corrected chi connectivity index (χ2v) is 5.73. The van der Waals surface area contributed by atoms with Gasteiger partial charge in [0.2, 0.25) is 0 Å². The molecule has 0 radical (unpaired) electrons. The molecule has 1 fully saturated rings. The second-order valence-electron chi connectivity index (χ2n) is 5.73. The van der Waals surface area contributed by atoms with Gasteiger partial charge in [0.15, 0.2) is 0 Å². The number of benzene rings is 1. The normalized spacial score (nSPS) is 27.1. The fourth-order valence-corrected chi connectivity index (χ4v) is 2.87. The highest BCUT2D eigenvalue weighted by Crippen LogP contribution is 2.25. The highest BCUT2D eigenvalue weighted by atomic mass is 16.3. The zero-order valence-electron chi connectivity index (χ0n) is 11.5. The van der Waals surface area contributed by atoms with Gasteiger partial charge in [0.25, 0.3) is 0 Å². The van der Waals surface area contributed by atoms with Crippen LogP contribution in [-0.4, -0.2) is 23.3 Å². The van der Waals surface area contributed by atoms with Crippen LogP contribution >= 0.6 is 0 Å². The van der Waals surface area contributed by atoms with E-state index in [0.29, 0.717) is 6.04 Å². The summed E-state index contributed by atoms with van der Waals surface area (Å²) in [4.78, 5) is 0. The molecule has 1 aliphatic carbocycles. The van der Waals surface area contributed by atoms with E-state index in [2.05, 4.69) is 31.3 Å². The molecule has 4 unspecified atom stereocenters. The molecule has 1 aromatic rings. The van der Waals surface area contributed by atoms with E-state index in [1.807, 2.05) is 18.2 Å². The number of nitrogens with one attached hydrogen (secondary N) is 1. The van der Waals surface area contributed by atoms with Gasteiger partial charge in [0, 0.05) is 12.1 Å². The van der Waals surface area contributed by atoms with Crippen molar-refractivity contribution >= 4 is 0 Å². The van der Waals surface area contributed by atoms with Crippen LogP contribution in [0.2, 0.25) is 0 Å². The highest BCUT2D eigenvalue weighted by molar-refractivity contribution is 5.15. The summed E-state index contributed by atoms with van der Waals surface area (Å²) < 4.78 is 0. The standard InChI is InChI=1S/C16H25NO/c1-12-7-6-10-15(12)17-13(2)16(18)11-14-8-4-3-5-9-14/h3-5,8-9,12-13,15-18H,6-7,10-11H2,1-2H3. The maximum atomic E-state index is 10.3. The van der Waals surface area contributed by atoms with Crippen LogP contribution in [0.3, 0.4) is 0 Å². The van der Waals surface area contributed by atoms with E-state index in [1.54, 1.807) is 0 Å². The first-order chi connectivity index (χ1) is 8.66. The summed E-state index contributed by atoms with van der Waals surface area (Å²) in [6.45, 7) is 4.40. The maximum absolute atomic E-state index is 10.3. The largest absolute Gasteiger partial charge is 0.391 e. The molecule has 100 valence electrons. The second kappa shape index (κ2) is 6.35. The van der Waals surface area contributed by atoms with Crippen molar-refractivity contribution in [1.82, 2.24) is 5.32 Å². The Morgan fingerprint density at radius 2 is 2.00 bits per heavy atom. The number of rotatable bonds is 5. The highest BCUT2D eigenvalue weighted by Gasteiger charge is 2.26. The lowest BCUT2D eigenvalue weighted by Crippen LogP contribution is -2.45. The lowest BCUT2D eigenvalue weighted by Gasteiger charge is -2.26. The van der Waals surface area contributed by atoms with Gasteiger partial charge < -0.3 is 10.4 Å². The molecule has 18 heavy (non-hydrogen) atoms. The lowest BCUT2D eigenvalue weighted by molar-refractivity contribution is 0.125. The summed E-state index contributed by atoms with van der Waals surface area (Å²) in [5.41, 5.74) is 1.21. The third-order valence-electron chi connectivity index (χ3n) is 4.20. The molecule has 1 aromatic carbocycles. The Balaban J connectivity index is 1.83. The molecule has 1 saturated carbocycles. The molecule has 0 bridgehead atoms. The molecule has 0 aromatic heterocycles. The van der Waals surface area contributed by atoms with E-state index in [-0.39, 0.29) is 12.1 Å². The summed E-state index contributed by atoms with van der Waals surface area (Å²) >= 11 is 0. The number of hydrogen-bond acceptors (Lipinski definition) is 2. The molecule has 1 aliphatic rings. The molecule has 2 heteroatoms. The van der Waals surface area contributed by atoms with Crippen molar-refractivity contribution < 1.29 is 5.11 Å². The Morgan fingerprint density at radius 1 is 1.28 bits per heavy atom. The van der Waals surface area contributed by atoms with E-state index in [0.717, 1.165) is 12.3 Å². The van der Waals surface area contributed by atoms with Crippen LogP contribution in [0.1, 0.15) is 38.7 Å². The Labute approximate surface area is 110 Å². The van der Waals surface area contributed by atoms with Gasteiger partial charge in [-0.05, 0) is 37.7 Å². The van der Waals surface area contributed by atoms with E-state index >= 15 is 0 Å². The van der Waals surface area contributed by atoms with Gasteiger partial charge in [-0.15, -0.1) is 0 Å². The summed E-state index contributed by atoms with van der Waals surface area (Å²) in [5, 5.41) is 13.9. The number of aliphatic hydroxyl groups is 1. The Morgan fingerprint density at radius 3 is 2.61 bits per heavy atom. The van der Waals surface area contributed by atoms with Gasteiger partial charge in [-0.3, -0.25) is 0 Å². The van der Waals surface area contributed by atoms with Crippen molar-refractivity contribution in [3.8, 4) is 0 Å². The first-order valence-electron chi connectivity index (χ1n) is 7.15. The van der Waals surface area contributed by atoms with Gasteiger partial charge in [0.1, 0.15) is 0 Å². The predicted molar refractivity (Wildman–Crippen MR) is 75.6 cm³/mol. The van der Waals surface area contributed by atoms with Crippen molar-refractivity contribution in [2.75, 3.05) is 0 Å². The van der Waals surface area contributed by atoms with Gasteiger partial charge in [-0.1, -0.05) is 43.7 Å². The minimum Gasteiger partial charge on any atom is -0.391 e. The topological polar surface area (TPSA) is 32.3 Å². The molecular weight excluding hydrogens is 222 g/mol. The van der Waals surface area contributed by atoms with E-state index in [1.165, 1.54) is 24.8 Å². The van der Waals surface area contributed by atoms with Crippen molar-refractivity contribution in [2.45, 2.75) is 57.7 Å². The Kier molecular flexibility index (Phi) is 4.79. The lowest BCUT2D eigenvalue weighted by atomic mass is 10.0. The SMILES string of the molecule is CC1CCCC1NC(C)C(O)Cc1ccccc1. The van der Waals surface area contributed by atoms with Crippen molar-refractivity contribution in [1.29, 1.82) is 0 Å². The number of hydrogen-bond donors (Lipinski definition) is 2.